The molecule has 4 heterocycles. The lowest BCUT2D eigenvalue weighted by molar-refractivity contribution is -0.382. The van der Waals surface area contributed by atoms with Crippen LogP contribution in [-0.4, -0.2) is 232 Å². The zero-order valence-corrected chi connectivity index (χ0v) is 44.7. The molecule has 8 aliphatic rings. The monoisotopic (exact) mass is 1080 g/mol. The molecular weight excluding hydrogens is 989 g/mol. The van der Waals surface area contributed by atoms with Gasteiger partial charge in [-0.2, -0.15) is 0 Å². The van der Waals surface area contributed by atoms with E-state index >= 15 is 0 Å². The Morgan fingerprint density at radius 1 is 0.587 bits per heavy atom. The summed E-state index contributed by atoms with van der Waals surface area (Å²) in [4.78, 5) is 0. The summed E-state index contributed by atoms with van der Waals surface area (Å²) in [7, 11) is 0. The quantitative estimate of drug-likeness (QED) is 0.0651. The van der Waals surface area contributed by atoms with Crippen molar-refractivity contribution in [3.63, 3.8) is 0 Å². The molecule has 4 saturated heterocycles. The van der Waals surface area contributed by atoms with Gasteiger partial charge in [-0.3, -0.25) is 0 Å². The van der Waals surface area contributed by atoms with Crippen molar-refractivity contribution in [3.8, 4) is 0 Å². The van der Waals surface area contributed by atoms with E-state index in [1.807, 2.05) is 20.8 Å². The fourth-order valence-electron chi connectivity index (χ4n) is 16.0. The molecule has 0 radical (unpaired) electrons. The predicted molar refractivity (Wildman–Crippen MR) is 260 cm³/mol. The summed E-state index contributed by atoms with van der Waals surface area (Å²) in [5, 5.41) is 151. The second-order valence-corrected chi connectivity index (χ2v) is 25.3. The van der Waals surface area contributed by atoms with Gasteiger partial charge in [-0.05, 0) is 124 Å². The molecule has 75 heavy (non-hydrogen) atoms. The van der Waals surface area contributed by atoms with Gasteiger partial charge in [0.1, 0.15) is 91.6 Å². The third-order valence-electron chi connectivity index (χ3n) is 20.5. The van der Waals surface area contributed by atoms with E-state index in [-0.39, 0.29) is 41.1 Å². The molecule has 0 amide bonds. The maximum atomic E-state index is 12.9. The van der Waals surface area contributed by atoms with Crippen LogP contribution in [-0.2, 0) is 37.9 Å². The molecule has 0 aromatic carbocycles. The lowest BCUT2D eigenvalue weighted by atomic mass is 9.35. The molecule has 4 saturated carbocycles. The molecule has 0 bridgehead atoms. The number of aliphatic hydroxyl groups excluding tert-OH is 14. The Bertz CT molecular complexity index is 1940. The van der Waals surface area contributed by atoms with Crippen molar-refractivity contribution in [3.05, 3.63) is 11.6 Å². The Morgan fingerprint density at radius 2 is 1.15 bits per heavy atom. The summed E-state index contributed by atoms with van der Waals surface area (Å²) < 4.78 is 48.8. The van der Waals surface area contributed by atoms with Crippen LogP contribution in [0.2, 0.25) is 0 Å². The molecular formula is C53H90O22. The first-order valence-electron chi connectivity index (χ1n) is 27.3. The van der Waals surface area contributed by atoms with E-state index in [2.05, 4.69) is 40.7 Å². The van der Waals surface area contributed by atoms with Gasteiger partial charge in [-0.1, -0.05) is 46.3 Å². The Hall–Kier alpha value is -1.14. The lowest BCUT2D eigenvalue weighted by Crippen LogP contribution is -2.68. The highest BCUT2D eigenvalue weighted by atomic mass is 16.8. The molecule has 29 atom stereocenters. The van der Waals surface area contributed by atoms with E-state index in [0.717, 1.165) is 24.8 Å². The second-order valence-electron chi connectivity index (χ2n) is 25.3. The van der Waals surface area contributed by atoms with E-state index in [1.54, 1.807) is 0 Å². The zero-order chi connectivity index (χ0) is 55.1. The Morgan fingerprint density at radius 3 is 1.77 bits per heavy atom. The van der Waals surface area contributed by atoms with Gasteiger partial charge in [0.25, 0.3) is 0 Å². The average Bonchev–Trinajstić information content (AvgIpc) is 3.75. The van der Waals surface area contributed by atoms with Crippen LogP contribution in [0.3, 0.4) is 0 Å². The van der Waals surface area contributed by atoms with Crippen molar-refractivity contribution in [2.45, 2.75) is 248 Å². The number of hydrogen-bond acceptors (Lipinski definition) is 22. The predicted octanol–water partition coefficient (Wildman–Crippen LogP) is -1.56. The number of allylic oxidation sites excluding steroid dienone is 2. The van der Waals surface area contributed by atoms with E-state index in [9.17, 15) is 71.5 Å². The fourth-order valence-corrected chi connectivity index (χ4v) is 16.0. The topological polar surface area (TPSA) is 357 Å². The highest BCUT2D eigenvalue weighted by Gasteiger charge is 2.72. The summed E-state index contributed by atoms with van der Waals surface area (Å²) >= 11 is 0. The summed E-state index contributed by atoms with van der Waals surface area (Å²) in [6.45, 7) is 15.1. The molecule has 4 aliphatic carbocycles. The van der Waals surface area contributed by atoms with E-state index in [1.165, 1.54) is 0 Å². The van der Waals surface area contributed by atoms with Crippen LogP contribution >= 0.6 is 0 Å². The number of fused-ring (bicyclic) bond motifs is 5. The van der Waals surface area contributed by atoms with Gasteiger partial charge < -0.3 is 109 Å². The van der Waals surface area contributed by atoms with Gasteiger partial charge in [-0.15, -0.1) is 0 Å². The Kier molecular flexibility index (Phi) is 18.1. The highest BCUT2D eigenvalue weighted by molar-refractivity contribution is 5.20. The lowest BCUT2D eigenvalue weighted by Gasteiger charge is -2.71. The normalized spacial score (nSPS) is 52.7. The molecule has 8 fully saturated rings. The molecule has 0 spiro atoms. The zero-order valence-electron chi connectivity index (χ0n) is 44.7. The maximum absolute atomic E-state index is 12.9. The standard InChI is InChI=1S/C53H90O22/c1-23(2)10-9-14-53(8,75-48-44(40(64)36(60)28(20-55)71-48)74-47-43(67)38(62)35(59)27(19-54)70-47)24-11-16-52(7)33(24)25(56)18-31-50(5)15-13-32(49(3,4)30(50)12-17-51(31,52)6)73-46-42(66)39(63)37(61)29(72-46)22-69-45-41(65)34(58)26(57)21-68-45/h10,24-48,54-67H,9,11-22H2,1-8H3/t24-,25+,26+,27+,28+,29+,30-,31+,32+,33-,34-,35+,36+,37+,38-,39-,40-,41+,42+,43+,44+,45-,46+,47-,48-,50-,51+,52+,53-/m0/s1. The summed E-state index contributed by atoms with van der Waals surface area (Å²) in [6, 6.07) is 0. The van der Waals surface area contributed by atoms with Gasteiger partial charge in [0.15, 0.2) is 25.2 Å². The molecule has 8 rings (SSSR count). The smallest absolute Gasteiger partial charge is 0.187 e. The van der Waals surface area contributed by atoms with Crippen molar-refractivity contribution in [2.24, 2.45) is 45.3 Å². The molecule has 4 aliphatic heterocycles. The van der Waals surface area contributed by atoms with E-state index in [0.29, 0.717) is 38.5 Å². The minimum atomic E-state index is -1.84. The maximum Gasteiger partial charge on any atom is 0.187 e. The van der Waals surface area contributed by atoms with Crippen LogP contribution in [0.15, 0.2) is 11.6 Å². The van der Waals surface area contributed by atoms with Crippen LogP contribution in [0, 0.1) is 45.3 Å². The van der Waals surface area contributed by atoms with Crippen LogP contribution in [0.5, 0.6) is 0 Å². The molecule has 14 N–H and O–H groups in total. The molecule has 0 aromatic rings. The first-order chi connectivity index (χ1) is 35.1. The Balaban J connectivity index is 1.01. The van der Waals surface area contributed by atoms with Gasteiger partial charge in [0.2, 0.25) is 0 Å². The molecule has 22 nitrogen and oxygen atoms in total. The van der Waals surface area contributed by atoms with Crippen molar-refractivity contribution in [1.82, 2.24) is 0 Å². The molecule has 0 unspecified atom stereocenters. The average molecular weight is 1080 g/mol. The van der Waals surface area contributed by atoms with Crippen LogP contribution in [0.25, 0.3) is 0 Å². The minimum Gasteiger partial charge on any atom is -0.394 e. The van der Waals surface area contributed by atoms with Crippen molar-refractivity contribution in [1.29, 1.82) is 0 Å². The number of rotatable bonds is 15. The summed E-state index contributed by atoms with van der Waals surface area (Å²) in [6.07, 6.45) is -22.7. The van der Waals surface area contributed by atoms with E-state index < -0.39 is 165 Å². The minimum absolute atomic E-state index is 0.0590. The third-order valence-corrected chi connectivity index (χ3v) is 20.5. The number of aliphatic hydroxyl groups is 14. The van der Waals surface area contributed by atoms with Crippen LogP contribution < -0.4 is 0 Å². The SMILES string of the molecule is CC(C)=CCC[C@](C)(O[C@@H]1O[C@H](CO)[C@@H](O)[C@H](O)[C@H]1O[C@@H]1O[C@H](CO)[C@@H](O)[C@H](O)[C@H]1O)[C@H]1CC[C@]2(C)[C@@H]1[C@H](O)C[C@@H]1[C@@]3(C)CC[C@@H](O[C@H]4O[C@H](CO[C@@H]5OC[C@@H](O)[C@H](O)[C@H]5O)[C@@H](O)[C@H](O)[C@H]4O)C(C)(C)[C@@H]3CC[C@]12C. The fraction of sp³-hybridized carbons (Fsp3) is 0.962. The van der Waals surface area contributed by atoms with Gasteiger partial charge in [0, 0.05) is 0 Å². The van der Waals surface area contributed by atoms with Crippen molar-refractivity contribution >= 4 is 0 Å². The largest absolute Gasteiger partial charge is 0.394 e. The summed E-state index contributed by atoms with van der Waals surface area (Å²) in [5.41, 5.74) is -1.52. The molecule has 434 valence electrons. The molecule has 0 aromatic heterocycles. The van der Waals surface area contributed by atoms with Gasteiger partial charge in [-0.25, -0.2) is 0 Å². The highest BCUT2D eigenvalue weighted by Crippen LogP contribution is 2.76. The van der Waals surface area contributed by atoms with Crippen LogP contribution in [0.1, 0.15) is 113 Å². The van der Waals surface area contributed by atoms with Gasteiger partial charge in [0.05, 0.1) is 44.2 Å². The van der Waals surface area contributed by atoms with Crippen molar-refractivity contribution in [2.75, 3.05) is 26.4 Å². The number of ether oxygens (including phenoxy) is 8. The number of hydrogen-bond donors (Lipinski definition) is 14. The molecule has 22 heteroatoms. The van der Waals surface area contributed by atoms with Crippen molar-refractivity contribution < 1.29 is 109 Å². The third kappa shape index (κ3) is 10.6. The first-order valence-corrected chi connectivity index (χ1v) is 27.3. The van der Waals surface area contributed by atoms with E-state index in [4.69, 9.17) is 37.9 Å². The van der Waals surface area contributed by atoms with Crippen LogP contribution in [0.4, 0.5) is 0 Å². The van der Waals surface area contributed by atoms with Gasteiger partial charge >= 0.3 is 0 Å². The second kappa shape index (κ2) is 22.7. The Labute approximate surface area is 439 Å². The summed E-state index contributed by atoms with van der Waals surface area (Å²) in [5.74, 6) is -0.431. The first kappa shape index (κ1) is 60.0.